The normalized spacial score (nSPS) is 12.7. The monoisotopic (exact) mass is 427 g/mol. The molecule has 2 rings (SSSR count). The minimum atomic E-state index is -2.02. The maximum Gasteiger partial charge on any atom is 0.343 e. The van der Waals surface area contributed by atoms with Crippen molar-refractivity contribution in [1.82, 2.24) is 0 Å². The van der Waals surface area contributed by atoms with Gasteiger partial charge in [-0.15, -0.1) is 0 Å². The average Bonchev–Trinajstić information content (AvgIpc) is 2.65. The fraction of sp³-hybridized carbons (Fsp3) is 0.364. The number of esters is 1. The van der Waals surface area contributed by atoms with E-state index in [0.717, 1.165) is 6.42 Å². The van der Waals surface area contributed by atoms with Crippen molar-refractivity contribution in [3.05, 3.63) is 59.7 Å². The zero-order chi connectivity index (χ0) is 21.7. The second-order valence-corrected chi connectivity index (χ2v) is 17.3. The number of ether oxygens (including phenoxy) is 2. The number of carbonyl (C=O) groups excluding carboxylic acids is 1. The molecule has 0 fully saturated rings. The Kier molecular flexibility index (Phi) is 7.41. The summed E-state index contributed by atoms with van der Waals surface area (Å²) in [7, 11) is -3.67. The van der Waals surface area contributed by atoms with Gasteiger partial charge in [0.1, 0.15) is 17.2 Å². The van der Waals surface area contributed by atoms with E-state index >= 15 is 0 Å². The zero-order valence-electron chi connectivity index (χ0n) is 18.0. The van der Waals surface area contributed by atoms with Gasteiger partial charge in [0.05, 0.1) is 17.2 Å². The van der Waals surface area contributed by atoms with Gasteiger partial charge < -0.3 is 13.6 Å². The van der Waals surface area contributed by atoms with Crippen LogP contribution in [-0.2, 0) is 4.12 Å². The molecule has 0 saturated heterocycles. The van der Waals surface area contributed by atoms with E-state index in [4.69, 9.17) is 18.9 Å². The minimum absolute atomic E-state index is 0.0330. The second kappa shape index (κ2) is 9.39. The first-order valence-corrected chi connectivity index (χ1v) is 16.1. The van der Waals surface area contributed by atoms with Crippen LogP contribution in [0.1, 0.15) is 29.3 Å². The van der Waals surface area contributed by atoms with Crippen LogP contribution >= 0.6 is 0 Å². The Bertz CT molecular complexity index is 866. The third-order valence-corrected chi connectivity index (χ3v) is 10.9. The topological polar surface area (TPSA) is 68.5 Å². The summed E-state index contributed by atoms with van der Waals surface area (Å²) in [6, 6.07) is 15.4. The van der Waals surface area contributed by atoms with Gasteiger partial charge in [0.15, 0.2) is 8.32 Å². The van der Waals surface area contributed by atoms with Crippen molar-refractivity contribution in [1.29, 1.82) is 5.26 Å². The van der Waals surface area contributed by atoms with Crippen molar-refractivity contribution in [2.45, 2.75) is 51.8 Å². The number of nitriles is 1. The highest BCUT2D eigenvalue weighted by molar-refractivity contribution is 6.84. The summed E-state index contributed by atoms with van der Waals surface area (Å²) in [4.78, 5) is 12.3. The predicted octanol–water partition coefficient (Wildman–Crippen LogP) is 5.53. The molecular weight excluding hydrogens is 398 g/mol. The summed E-state index contributed by atoms with van der Waals surface area (Å²) in [6.07, 6.45) is 0.867. The smallest absolute Gasteiger partial charge is 0.343 e. The van der Waals surface area contributed by atoms with Gasteiger partial charge in [0.25, 0.3) is 0 Å². The van der Waals surface area contributed by atoms with Crippen LogP contribution < -0.4 is 9.47 Å². The highest BCUT2D eigenvalue weighted by Crippen LogP contribution is 2.25. The quantitative estimate of drug-likeness (QED) is 0.315. The molecule has 1 atom stereocenters. The lowest BCUT2D eigenvalue weighted by Gasteiger charge is -2.37. The summed E-state index contributed by atoms with van der Waals surface area (Å²) in [5, 5.41) is 8.83. The van der Waals surface area contributed by atoms with E-state index in [-0.39, 0.29) is 5.73 Å². The van der Waals surface area contributed by atoms with Gasteiger partial charge in [-0.1, -0.05) is 6.92 Å². The molecule has 0 spiro atoms. The molecule has 0 aliphatic rings. The minimum Gasteiger partial charge on any atom is -0.491 e. The van der Waals surface area contributed by atoms with Crippen molar-refractivity contribution < 1.29 is 18.4 Å². The Morgan fingerprint density at radius 1 is 0.966 bits per heavy atom. The molecular formula is C22H29NO4Si2. The summed E-state index contributed by atoms with van der Waals surface area (Å²) >= 11 is 0. The highest BCUT2D eigenvalue weighted by atomic mass is 28.4. The highest BCUT2D eigenvalue weighted by Gasteiger charge is 2.38. The van der Waals surface area contributed by atoms with Crippen LogP contribution in [0.5, 0.6) is 11.5 Å². The van der Waals surface area contributed by atoms with E-state index in [1.165, 1.54) is 0 Å². The van der Waals surface area contributed by atoms with Gasteiger partial charge in [0.2, 0.25) is 8.32 Å². The molecule has 0 aliphatic heterocycles. The molecule has 0 aliphatic carbocycles. The molecule has 0 N–H and O–H groups in total. The van der Waals surface area contributed by atoms with Crippen LogP contribution in [0.25, 0.3) is 0 Å². The third kappa shape index (κ3) is 6.85. The SMILES string of the molecule is CCC(Oc1ccc(C(=O)Oc2ccc(C#N)cc2)cc1)[Si](C)(C)O[Si](C)(C)C. The number of benzene rings is 2. The second-order valence-electron chi connectivity index (χ2n) is 8.38. The summed E-state index contributed by atoms with van der Waals surface area (Å²) < 4.78 is 18.0. The number of hydrogen-bond donors (Lipinski definition) is 0. The van der Waals surface area contributed by atoms with Crippen LogP contribution in [0.2, 0.25) is 32.7 Å². The van der Waals surface area contributed by atoms with Crippen molar-refractivity contribution in [3.63, 3.8) is 0 Å². The Balaban J connectivity index is 2.04. The standard InChI is InChI=1S/C22H29NO4Si2/c1-7-21(29(5,6)27-28(2,3)4)25-19-14-10-18(11-15-19)22(24)26-20-12-8-17(16-23)9-13-20/h8-15,21H,7H2,1-6H3. The largest absolute Gasteiger partial charge is 0.491 e. The van der Waals surface area contributed by atoms with E-state index in [1.807, 2.05) is 6.07 Å². The molecule has 2 aromatic carbocycles. The number of carbonyl (C=O) groups is 1. The molecule has 7 heteroatoms. The molecule has 0 aromatic heterocycles. The maximum atomic E-state index is 12.3. The van der Waals surface area contributed by atoms with Crippen molar-refractivity contribution in [2.24, 2.45) is 0 Å². The van der Waals surface area contributed by atoms with E-state index in [2.05, 4.69) is 39.7 Å². The molecule has 154 valence electrons. The number of rotatable bonds is 8. The zero-order valence-corrected chi connectivity index (χ0v) is 20.0. The Labute approximate surface area is 175 Å². The Morgan fingerprint density at radius 2 is 1.52 bits per heavy atom. The number of hydrogen-bond acceptors (Lipinski definition) is 5. The predicted molar refractivity (Wildman–Crippen MR) is 119 cm³/mol. The summed E-state index contributed by atoms with van der Waals surface area (Å²) in [6.45, 7) is 13.1. The molecule has 0 bridgehead atoms. The van der Waals surface area contributed by atoms with E-state index < -0.39 is 22.6 Å². The van der Waals surface area contributed by atoms with Crippen molar-refractivity contribution in [2.75, 3.05) is 0 Å². The Morgan fingerprint density at radius 3 is 2.00 bits per heavy atom. The van der Waals surface area contributed by atoms with Crippen LogP contribution in [-0.4, -0.2) is 28.3 Å². The van der Waals surface area contributed by atoms with Gasteiger partial charge in [0, 0.05) is 0 Å². The van der Waals surface area contributed by atoms with Gasteiger partial charge in [-0.25, -0.2) is 4.79 Å². The Hall–Kier alpha value is -2.41. The van der Waals surface area contributed by atoms with Gasteiger partial charge in [-0.05, 0) is 87.7 Å². The molecule has 0 heterocycles. The first-order chi connectivity index (χ1) is 13.5. The van der Waals surface area contributed by atoms with Crippen molar-refractivity contribution in [3.8, 4) is 17.6 Å². The van der Waals surface area contributed by atoms with Gasteiger partial charge in [-0.2, -0.15) is 5.26 Å². The molecule has 2 aromatic rings. The van der Waals surface area contributed by atoms with Crippen molar-refractivity contribution >= 4 is 22.6 Å². The maximum absolute atomic E-state index is 12.3. The van der Waals surface area contributed by atoms with Gasteiger partial charge >= 0.3 is 5.97 Å². The fourth-order valence-electron chi connectivity index (χ4n) is 3.17. The van der Waals surface area contributed by atoms with Crippen LogP contribution in [0.3, 0.4) is 0 Å². The third-order valence-electron chi connectivity index (χ3n) is 4.28. The van der Waals surface area contributed by atoms with E-state index in [9.17, 15) is 4.79 Å². The molecule has 0 amide bonds. The summed E-state index contributed by atoms with van der Waals surface area (Å²) in [5.41, 5.74) is 0.983. The lowest BCUT2D eigenvalue weighted by atomic mass is 10.2. The first kappa shape index (κ1) is 22.9. The molecule has 5 nitrogen and oxygen atoms in total. The lowest BCUT2D eigenvalue weighted by molar-refractivity contribution is 0.0734. The first-order valence-electron chi connectivity index (χ1n) is 9.73. The van der Waals surface area contributed by atoms with E-state index in [1.54, 1.807) is 48.5 Å². The molecule has 29 heavy (non-hydrogen) atoms. The van der Waals surface area contributed by atoms with Gasteiger partial charge in [-0.3, -0.25) is 0 Å². The van der Waals surface area contributed by atoms with Crippen LogP contribution in [0, 0.1) is 11.3 Å². The lowest BCUT2D eigenvalue weighted by Crippen LogP contribution is -2.53. The van der Waals surface area contributed by atoms with E-state index in [0.29, 0.717) is 22.6 Å². The number of nitrogens with zero attached hydrogens (tertiary/aromatic N) is 1. The molecule has 0 radical (unpaired) electrons. The molecule has 0 saturated carbocycles. The fourth-order valence-corrected chi connectivity index (χ4v) is 11.4. The van der Waals surface area contributed by atoms with Crippen LogP contribution in [0.15, 0.2) is 48.5 Å². The summed E-state index contributed by atoms with van der Waals surface area (Å²) in [5.74, 6) is 0.660. The van der Waals surface area contributed by atoms with Crippen LogP contribution in [0.4, 0.5) is 0 Å². The average molecular weight is 428 g/mol. The molecule has 1 unspecified atom stereocenters.